The summed E-state index contributed by atoms with van der Waals surface area (Å²) in [6.45, 7) is -1.71. The minimum atomic E-state index is -6.25. The van der Waals surface area contributed by atoms with Crippen molar-refractivity contribution in [3.8, 4) is 17.2 Å². The quantitative estimate of drug-likeness (QED) is 0.247. The molecule has 1 aromatic carbocycles. The van der Waals surface area contributed by atoms with E-state index in [1.807, 2.05) is 0 Å². The molecular weight excluding hydrogens is 386 g/mol. The SMILES string of the molecule is O=C(/C=C/c1c(O)cc(O)cc1O)OCCOC(=O)C(F)(F)S(=O)(=O)[O-]. The molecule has 26 heavy (non-hydrogen) atoms. The lowest BCUT2D eigenvalue weighted by Crippen LogP contribution is -2.39. The number of halogens is 2. The number of carbonyl (C=O) groups excluding carboxylic acids is 2. The van der Waals surface area contributed by atoms with Crippen molar-refractivity contribution in [2.45, 2.75) is 5.25 Å². The molecular formula is C13H11F2O10S-. The fourth-order valence-electron chi connectivity index (χ4n) is 1.44. The Labute approximate surface area is 144 Å². The number of hydrogen-bond donors (Lipinski definition) is 3. The molecule has 3 N–H and O–H groups in total. The topological polar surface area (TPSA) is 170 Å². The molecule has 0 unspecified atom stereocenters. The van der Waals surface area contributed by atoms with Crippen LogP contribution in [0.4, 0.5) is 8.78 Å². The smallest absolute Gasteiger partial charge is 0.428 e. The second kappa shape index (κ2) is 7.97. The average Bonchev–Trinajstić information content (AvgIpc) is 2.49. The van der Waals surface area contributed by atoms with Gasteiger partial charge in [-0.25, -0.2) is 18.0 Å². The number of hydrogen-bond acceptors (Lipinski definition) is 10. The van der Waals surface area contributed by atoms with Crippen LogP contribution in [0, 0.1) is 0 Å². The third-order valence-electron chi connectivity index (χ3n) is 2.62. The van der Waals surface area contributed by atoms with Gasteiger partial charge in [0.05, 0.1) is 5.56 Å². The molecule has 0 radical (unpaired) electrons. The Hall–Kier alpha value is -2.93. The first-order chi connectivity index (χ1) is 11.9. The van der Waals surface area contributed by atoms with Gasteiger partial charge in [-0.05, 0) is 6.08 Å². The van der Waals surface area contributed by atoms with E-state index in [2.05, 4.69) is 9.47 Å². The maximum absolute atomic E-state index is 12.8. The number of alkyl halides is 2. The van der Waals surface area contributed by atoms with Crippen LogP contribution < -0.4 is 0 Å². The number of benzene rings is 1. The van der Waals surface area contributed by atoms with Crippen molar-refractivity contribution in [1.29, 1.82) is 0 Å². The predicted molar refractivity (Wildman–Crippen MR) is 77.0 cm³/mol. The van der Waals surface area contributed by atoms with Crippen molar-refractivity contribution in [1.82, 2.24) is 0 Å². The van der Waals surface area contributed by atoms with Crippen molar-refractivity contribution < 1.29 is 56.1 Å². The van der Waals surface area contributed by atoms with Gasteiger partial charge in [-0.15, -0.1) is 0 Å². The minimum absolute atomic E-state index is 0.230. The normalized spacial score (nSPS) is 12.1. The van der Waals surface area contributed by atoms with Crippen LogP contribution in [0.15, 0.2) is 18.2 Å². The second-order valence-electron chi connectivity index (χ2n) is 4.51. The zero-order valence-corrected chi connectivity index (χ0v) is 13.4. The van der Waals surface area contributed by atoms with E-state index in [1.165, 1.54) is 0 Å². The van der Waals surface area contributed by atoms with Crippen molar-refractivity contribution >= 4 is 28.1 Å². The van der Waals surface area contributed by atoms with E-state index in [4.69, 9.17) is 5.11 Å². The first-order valence-electron chi connectivity index (χ1n) is 6.46. The molecule has 0 atom stereocenters. The fraction of sp³-hybridized carbons (Fsp3) is 0.231. The highest BCUT2D eigenvalue weighted by Gasteiger charge is 2.48. The van der Waals surface area contributed by atoms with Crippen molar-refractivity contribution in [3.63, 3.8) is 0 Å². The Bertz CT molecular complexity index is 808. The molecule has 0 saturated heterocycles. The van der Waals surface area contributed by atoms with Crippen LogP contribution in [-0.4, -0.2) is 58.7 Å². The highest BCUT2D eigenvalue weighted by molar-refractivity contribution is 7.87. The summed E-state index contributed by atoms with van der Waals surface area (Å²) in [5, 5.41) is 22.8. The lowest BCUT2D eigenvalue weighted by Gasteiger charge is -2.17. The van der Waals surface area contributed by atoms with Crippen LogP contribution in [0.25, 0.3) is 6.08 Å². The zero-order valence-electron chi connectivity index (χ0n) is 12.6. The van der Waals surface area contributed by atoms with E-state index >= 15 is 0 Å². The third-order valence-corrected chi connectivity index (χ3v) is 3.41. The third kappa shape index (κ3) is 5.29. The van der Waals surface area contributed by atoms with E-state index in [0.717, 1.165) is 18.2 Å². The minimum Gasteiger partial charge on any atom is -0.743 e. The van der Waals surface area contributed by atoms with Gasteiger partial charge in [0.2, 0.25) is 0 Å². The van der Waals surface area contributed by atoms with Gasteiger partial charge < -0.3 is 29.3 Å². The molecule has 0 aliphatic rings. The van der Waals surface area contributed by atoms with Gasteiger partial charge >= 0.3 is 17.2 Å². The number of esters is 2. The van der Waals surface area contributed by atoms with Crippen LogP contribution in [-0.2, 0) is 29.2 Å². The summed E-state index contributed by atoms with van der Waals surface area (Å²) in [6.07, 6.45) is 1.63. The zero-order chi connectivity index (χ0) is 20.1. The van der Waals surface area contributed by atoms with Gasteiger partial charge in [0.25, 0.3) is 0 Å². The molecule has 0 saturated carbocycles. The highest BCUT2D eigenvalue weighted by atomic mass is 32.2. The van der Waals surface area contributed by atoms with Crippen LogP contribution >= 0.6 is 0 Å². The summed E-state index contributed by atoms with van der Waals surface area (Å²) in [6, 6.07) is 1.77. The van der Waals surface area contributed by atoms with Crippen LogP contribution in [0.3, 0.4) is 0 Å². The number of carbonyl (C=O) groups is 2. The Kier molecular flexibility index (Phi) is 6.47. The van der Waals surface area contributed by atoms with Crippen LogP contribution in [0.2, 0.25) is 0 Å². The van der Waals surface area contributed by atoms with Gasteiger partial charge in [0.15, 0.2) is 10.1 Å². The van der Waals surface area contributed by atoms with Crippen LogP contribution in [0.1, 0.15) is 5.56 Å². The number of ether oxygens (including phenoxy) is 2. The molecule has 1 rings (SSSR count). The fourth-order valence-corrected chi connectivity index (χ4v) is 1.70. The summed E-state index contributed by atoms with van der Waals surface area (Å²) in [7, 11) is -6.25. The van der Waals surface area contributed by atoms with E-state index in [0.29, 0.717) is 6.08 Å². The van der Waals surface area contributed by atoms with Gasteiger partial charge in [0, 0.05) is 18.2 Å². The van der Waals surface area contributed by atoms with Gasteiger partial charge in [-0.1, -0.05) is 0 Å². The Morgan fingerprint density at radius 1 is 1.12 bits per heavy atom. The predicted octanol–water partition coefficient (Wildman–Crippen LogP) is 0.0410. The van der Waals surface area contributed by atoms with Crippen LogP contribution in [0.5, 0.6) is 17.2 Å². The molecule has 0 aliphatic heterocycles. The number of rotatable bonds is 7. The Balaban J connectivity index is 2.53. The molecule has 0 aliphatic carbocycles. The van der Waals surface area contributed by atoms with Gasteiger partial charge in [-0.2, -0.15) is 8.78 Å². The number of phenolic OH excluding ortho intramolecular Hbond substituents is 3. The number of aromatic hydroxyl groups is 3. The van der Waals surface area contributed by atoms with Crippen molar-refractivity contribution in [2.75, 3.05) is 13.2 Å². The van der Waals surface area contributed by atoms with Crippen molar-refractivity contribution in [2.24, 2.45) is 0 Å². The molecule has 0 aromatic heterocycles. The van der Waals surface area contributed by atoms with E-state index in [9.17, 15) is 41.6 Å². The molecule has 1 aromatic rings. The van der Waals surface area contributed by atoms with Gasteiger partial charge in [0.1, 0.15) is 30.5 Å². The maximum atomic E-state index is 12.8. The number of phenols is 3. The lowest BCUT2D eigenvalue weighted by molar-refractivity contribution is -0.164. The molecule has 0 spiro atoms. The molecule has 0 heterocycles. The summed E-state index contributed by atoms with van der Waals surface area (Å²) in [4.78, 5) is 22.1. The Morgan fingerprint density at radius 2 is 1.62 bits per heavy atom. The highest BCUT2D eigenvalue weighted by Crippen LogP contribution is 2.32. The lowest BCUT2D eigenvalue weighted by atomic mass is 10.1. The first kappa shape index (κ1) is 21.1. The largest absolute Gasteiger partial charge is 0.743 e. The molecule has 13 heteroatoms. The van der Waals surface area contributed by atoms with E-state index in [-0.39, 0.29) is 5.56 Å². The van der Waals surface area contributed by atoms with Crippen molar-refractivity contribution in [3.05, 3.63) is 23.8 Å². The maximum Gasteiger partial charge on any atom is 0.428 e. The first-order valence-corrected chi connectivity index (χ1v) is 7.87. The molecule has 10 nitrogen and oxygen atoms in total. The Morgan fingerprint density at radius 3 is 2.12 bits per heavy atom. The average molecular weight is 397 g/mol. The second-order valence-corrected chi connectivity index (χ2v) is 5.93. The molecule has 144 valence electrons. The molecule has 0 bridgehead atoms. The monoisotopic (exact) mass is 397 g/mol. The summed E-state index contributed by atoms with van der Waals surface area (Å²) in [5.74, 6) is -5.25. The standard InChI is InChI=1S/C13H12F2O10S/c14-13(15,26(21,22)23)12(20)25-4-3-24-11(19)2-1-8-9(17)5-7(16)6-10(8)18/h1-2,5-6,16-18H,3-4H2,(H,21,22,23)/p-1/b2-1+. The summed E-state index contributed by atoms with van der Waals surface area (Å²) >= 11 is 0. The van der Waals surface area contributed by atoms with Gasteiger partial charge in [-0.3, -0.25) is 0 Å². The summed E-state index contributed by atoms with van der Waals surface area (Å²) < 4.78 is 64.3. The summed E-state index contributed by atoms with van der Waals surface area (Å²) in [5.41, 5.74) is -0.230. The van der Waals surface area contributed by atoms with E-state index < -0.39 is 57.8 Å². The molecule has 0 fully saturated rings. The van der Waals surface area contributed by atoms with E-state index in [1.54, 1.807) is 0 Å². The molecule has 0 amide bonds.